The lowest BCUT2D eigenvalue weighted by atomic mass is 9.90. The third-order valence-corrected chi connectivity index (χ3v) is 4.25. The first-order chi connectivity index (χ1) is 13.7. The molecule has 7 heteroatoms. The van der Waals surface area contributed by atoms with Crippen LogP contribution in [-0.4, -0.2) is 29.2 Å². The van der Waals surface area contributed by atoms with Crippen LogP contribution in [0.3, 0.4) is 0 Å². The number of aromatic amines is 1. The lowest BCUT2D eigenvalue weighted by Gasteiger charge is -2.17. The lowest BCUT2D eigenvalue weighted by Crippen LogP contribution is -2.30. The zero-order chi connectivity index (χ0) is 21.4. The smallest absolute Gasteiger partial charge is 0.271 e. The molecule has 0 aliphatic heterocycles. The number of likely N-dealkylation sites (N-methyl/N-ethyl adjacent to an activating group) is 1. The molecule has 1 aromatic heterocycles. The summed E-state index contributed by atoms with van der Waals surface area (Å²) >= 11 is 5.96. The fraction of sp³-hybridized carbons (Fsp3) is 0.227. The highest BCUT2D eigenvalue weighted by molar-refractivity contribution is 6.30. The minimum absolute atomic E-state index is 0.118. The van der Waals surface area contributed by atoms with Gasteiger partial charge in [0.15, 0.2) is 6.29 Å². The van der Waals surface area contributed by atoms with E-state index in [0.29, 0.717) is 22.7 Å². The summed E-state index contributed by atoms with van der Waals surface area (Å²) in [6.07, 6.45) is 8.88. The maximum absolute atomic E-state index is 12.5. The Morgan fingerprint density at radius 3 is 2.66 bits per heavy atom. The molecule has 2 rings (SSSR count). The standard InChI is InChI=1S/C22H25ClN4O2/c1-22(2,3)20-19(25-14-26-20)12-17(13-28)27-21(29)18(24-4)10-6-8-15-7-5-9-16(23)11-15/h5-14,24H,1-4H3,(H,25,26)(H,27,29)/b8-6+,17-12-,18-10-. The molecule has 6 nitrogen and oxygen atoms in total. The van der Waals surface area contributed by atoms with Crippen LogP contribution in [0.5, 0.6) is 0 Å². The molecular formula is C22H25ClN4O2. The molecule has 0 saturated carbocycles. The Bertz CT molecular complexity index is 965. The number of carbonyl (C=O) groups excluding carboxylic acids is 2. The van der Waals surface area contributed by atoms with E-state index >= 15 is 0 Å². The Hall–Kier alpha value is -3.12. The molecule has 2 aromatic rings. The van der Waals surface area contributed by atoms with Crippen LogP contribution in [0.25, 0.3) is 12.2 Å². The molecule has 152 valence electrons. The number of carbonyl (C=O) groups is 2. The van der Waals surface area contributed by atoms with Crippen LogP contribution in [0, 0.1) is 0 Å². The van der Waals surface area contributed by atoms with Crippen molar-refractivity contribution in [3.8, 4) is 0 Å². The Balaban J connectivity index is 2.16. The van der Waals surface area contributed by atoms with Crippen LogP contribution in [0.1, 0.15) is 37.7 Å². The van der Waals surface area contributed by atoms with Gasteiger partial charge in [-0.3, -0.25) is 9.59 Å². The molecule has 1 aromatic carbocycles. The number of nitrogens with one attached hydrogen (secondary N) is 3. The first-order valence-electron chi connectivity index (χ1n) is 9.08. The van der Waals surface area contributed by atoms with Crippen LogP contribution in [-0.2, 0) is 15.0 Å². The van der Waals surface area contributed by atoms with Gasteiger partial charge in [-0.2, -0.15) is 0 Å². The second-order valence-electron chi connectivity index (χ2n) is 7.33. The molecule has 0 bridgehead atoms. The van der Waals surface area contributed by atoms with Gasteiger partial charge in [0.2, 0.25) is 0 Å². The van der Waals surface area contributed by atoms with Gasteiger partial charge in [-0.1, -0.05) is 56.7 Å². The van der Waals surface area contributed by atoms with E-state index in [0.717, 1.165) is 11.3 Å². The number of imidazole rings is 1. The maximum Gasteiger partial charge on any atom is 0.271 e. The first kappa shape index (κ1) is 22.2. The number of aldehydes is 1. The highest BCUT2D eigenvalue weighted by Gasteiger charge is 2.20. The van der Waals surface area contributed by atoms with Gasteiger partial charge in [0.05, 0.1) is 23.4 Å². The van der Waals surface area contributed by atoms with Crippen molar-refractivity contribution in [3.63, 3.8) is 0 Å². The molecule has 0 saturated heterocycles. The van der Waals surface area contributed by atoms with E-state index in [9.17, 15) is 9.59 Å². The van der Waals surface area contributed by atoms with Gasteiger partial charge in [0, 0.05) is 23.2 Å². The summed E-state index contributed by atoms with van der Waals surface area (Å²) in [6, 6.07) is 7.35. The number of halogens is 1. The molecule has 0 aliphatic carbocycles. The van der Waals surface area contributed by atoms with Crippen LogP contribution in [0.15, 0.2) is 54.1 Å². The number of allylic oxidation sites excluding steroid dienone is 3. The van der Waals surface area contributed by atoms with Gasteiger partial charge in [-0.05, 0) is 29.8 Å². The largest absolute Gasteiger partial charge is 0.384 e. The summed E-state index contributed by atoms with van der Waals surface area (Å²) in [4.78, 5) is 31.3. The van der Waals surface area contributed by atoms with E-state index in [1.165, 1.54) is 0 Å². The van der Waals surface area contributed by atoms with Crippen molar-refractivity contribution in [2.24, 2.45) is 0 Å². The van der Waals surface area contributed by atoms with Crippen LogP contribution < -0.4 is 10.6 Å². The molecule has 0 unspecified atom stereocenters. The zero-order valence-electron chi connectivity index (χ0n) is 16.9. The number of H-pyrrole nitrogens is 1. The molecule has 1 amide bonds. The Kier molecular flexibility index (Phi) is 7.56. The van der Waals surface area contributed by atoms with Gasteiger partial charge in [0.25, 0.3) is 5.91 Å². The molecule has 0 atom stereocenters. The molecule has 0 aliphatic rings. The average molecular weight is 413 g/mol. The number of nitrogens with zero attached hydrogens (tertiary/aromatic N) is 1. The summed E-state index contributed by atoms with van der Waals surface area (Å²) < 4.78 is 0. The summed E-state index contributed by atoms with van der Waals surface area (Å²) in [5, 5.41) is 6.07. The van der Waals surface area contributed by atoms with Gasteiger partial charge < -0.3 is 15.6 Å². The highest BCUT2D eigenvalue weighted by Crippen LogP contribution is 2.23. The van der Waals surface area contributed by atoms with Gasteiger partial charge in [-0.25, -0.2) is 4.98 Å². The van der Waals surface area contributed by atoms with E-state index in [2.05, 4.69) is 20.6 Å². The number of amides is 1. The molecular weight excluding hydrogens is 388 g/mol. The topological polar surface area (TPSA) is 86.9 Å². The fourth-order valence-electron chi connectivity index (χ4n) is 2.60. The van der Waals surface area contributed by atoms with Crippen LogP contribution >= 0.6 is 11.6 Å². The minimum Gasteiger partial charge on any atom is -0.384 e. The summed E-state index contributed by atoms with van der Waals surface area (Å²) in [6.45, 7) is 6.10. The number of benzene rings is 1. The van der Waals surface area contributed by atoms with Gasteiger partial charge >= 0.3 is 0 Å². The van der Waals surface area contributed by atoms with E-state index < -0.39 is 5.91 Å². The third-order valence-electron chi connectivity index (χ3n) is 4.01. The molecule has 3 N–H and O–H groups in total. The number of hydrogen-bond donors (Lipinski definition) is 3. The van der Waals surface area contributed by atoms with Crippen LogP contribution in [0.4, 0.5) is 0 Å². The average Bonchev–Trinajstić information content (AvgIpc) is 3.13. The molecule has 0 fully saturated rings. The van der Waals surface area contributed by atoms with E-state index in [1.54, 1.807) is 37.7 Å². The Morgan fingerprint density at radius 2 is 2.03 bits per heavy atom. The number of aromatic nitrogens is 2. The fourth-order valence-corrected chi connectivity index (χ4v) is 2.80. The summed E-state index contributed by atoms with van der Waals surface area (Å²) in [7, 11) is 1.63. The molecule has 0 radical (unpaired) electrons. The second-order valence-corrected chi connectivity index (χ2v) is 7.77. The highest BCUT2D eigenvalue weighted by atomic mass is 35.5. The first-order valence-corrected chi connectivity index (χ1v) is 9.46. The van der Waals surface area contributed by atoms with Crippen molar-refractivity contribution in [2.45, 2.75) is 26.2 Å². The van der Waals surface area contributed by atoms with Crippen molar-refractivity contribution in [1.82, 2.24) is 20.6 Å². The SMILES string of the molecule is CN/C(=C\C=C\c1cccc(Cl)c1)C(=O)N/C(C=O)=C\c1nc[nH]c1C(C)(C)C. The monoisotopic (exact) mass is 412 g/mol. The predicted octanol–water partition coefficient (Wildman–Crippen LogP) is 3.83. The Labute approximate surface area is 175 Å². The Morgan fingerprint density at radius 1 is 1.28 bits per heavy atom. The minimum atomic E-state index is -0.436. The predicted molar refractivity (Wildman–Crippen MR) is 117 cm³/mol. The normalized spacial score (nSPS) is 12.9. The summed E-state index contributed by atoms with van der Waals surface area (Å²) in [5.41, 5.74) is 2.63. The maximum atomic E-state index is 12.5. The van der Waals surface area contributed by atoms with Crippen LogP contribution in [0.2, 0.25) is 5.02 Å². The van der Waals surface area contributed by atoms with Crippen molar-refractivity contribution >= 4 is 35.9 Å². The van der Waals surface area contributed by atoms with Gasteiger partial charge in [0.1, 0.15) is 0 Å². The second kappa shape index (κ2) is 9.89. The summed E-state index contributed by atoms with van der Waals surface area (Å²) in [5.74, 6) is -0.436. The third kappa shape index (κ3) is 6.47. The number of rotatable bonds is 7. The lowest BCUT2D eigenvalue weighted by molar-refractivity contribution is -0.118. The van der Waals surface area contributed by atoms with Crippen molar-refractivity contribution < 1.29 is 9.59 Å². The zero-order valence-corrected chi connectivity index (χ0v) is 17.7. The van der Waals surface area contributed by atoms with E-state index in [-0.39, 0.29) is 11.1 Å². The quantitative estimate of drug-likeness (QED) is 0.366. The van der Waals surface area contributed by atoms with Crippen molar-refractivity contribution in [1.29, 1.82) is 0 Å². The van der Waals surface area contributed by atoms with E-state index in [4.69, 9.17) is 11.6 Å². The van der Waals surface area contributed by atoms with Crippen molar-refractivity contribution in [2.75, 3.05) is 7.05 Å². The molecule has 1 heterocycles. The molecule has 29 heavy (non-hydrogen) atoms. The number of hydrogen-bond acceptors (Lipinski definition) is 4. The van der Waals surface area contributed by atoms with E-state index in [1.807, 2.05) is 45.0 Å². The molecule has 0 spiro atoms. The van der Waals surface area contributed by atoms with Gasteiger partial charge in [-0.15, -0.1) is 0 Å². The van der Waals surface area contributed by atoms with Crippen molar-refractivity contribution in [3.05, 3.63) is 76.1 Å².